The van der Waals surface area contributed by atoms with Crippen molar-refractivity contribution >= 4 is 39.6 Å². The normalized spacial score (nSPS) is 17.4. The van der Waals surface area contributed by atoms with Crippen LogP contribution in [0, 0.1) is 32.8 Å². The van der Waals surface area contributed by atoms with E-state index in [0.717, 1.165) is 34.7 Å². The summed E-state index contributed by atoms with van der Waals surface area (Å²) in [4.78, 5) is 16.8. The maximum Gasteiger partial charge on any atom is 0.280 e. The summed E-state index contributed by atoms with van der Waals surface area (Å²) >= 11 is 2.87. The molecule has 0 N–H and O–H groups in total. The second-order valence-electron chi connectivity index (χ2n) is 7.32. The third-order valence-corrected chi connectivity index (χ3v) is 6.73. The van der Waals surface area contributed by atoms with Crippen molar-refractivity contribution in [2.24, 2.45) is 16.3 Å². The number of fused-ring (bicyclic) bond motifs is 1. The van der Waals surface area contributed by atoms with Crippen LogP contribution in [0.4, 0.5) is 10.7 Å². The van der Waals surface area contributed by atoms with Crippen LogP contribution in [0.2, 0.25) is 0 Å². The molecule has 1 atom stereocenters. The van der Waals surface area contributed by atoms with Gasteiger partial charge in [-0.25, -0.2) is 4.99 Å². The molecule has 0 saturated heterocycles. The monoisotopic (exact) mass is 373 g/mol. The molecule has 2 aromatic heterocycles. The van der Waals surface area contributed by atoms with Crippen LogP contribution in [-0.2, 0) is 12.8 Å². The van der Waals surface area contributed by atoms with Crippen molar-refractivity contribution in [3.8, 4) is 6.07 Å². The van der Waals surface area contributed by atoms with Gasteiger partial charge < -0.3 is 0 Å². The van der Waals surface area contributed by atoms with Crippen LogP contribution in [0.25, 0.3) is 0 Å². The van der Waals surface area contributed by atoms with Gasteiger partial charge in [0.15, 0.2) is 0 Å². The standard InChI is InChI=1S/C18H19N3O2S2/c1-18(2,3)11-4-5-14-15(8-19)17(25-16(14)6-11)20-9-13-7-12(10-24-13)21(22)23/h7,9-11H,4-6H2,1-3H3/b20-9+. The number of nitriles is 1. The molecule has 0 aromatic carbocycles. The number of aliphatic imine (C=N–C) groups is 1. The summed E-state index contributed by atoms with van der Waals surface area (Å²) in [6, 6.07) is 3.81. The molecule has 0 amide bonds. The third kappa shape index (κ3) is 3.65. The first-order valence-corrected chi connectivity index (χ1v) is 9.81. The molecule has 0 fully saturated rings. The van der Waals surface area contributed by atoms with Crippen molar-refractivity contribution in [1.82, 2.24) is 0 Å². The average molecular weight is 374 g/mol. The van der Waals surface area contributed by atoms with E-state index in [1.807, 2.05) is 0 Å². The number of rotatable bonds is 3. The second kappa shape index (κ2) is 6.70. The Morgan fingerprint density at radius 2 is 2.24 bits per heavy atom. The number of hydrogen-bond acceptors (Lipinski definition) is 6. The van der Waals surface area contributed by atoms with E-state index in [0.29, 0.717) is 11.5 Å². The zero-order valence-corrected chi connectivity index (χ0v) is 16.0. The van der Waals surface area contributed by atoms with Gasteiger partial charge in [0.1, 0.15) is 11.1 Å². The SMILES string of the molecule is CC(C)(C)C1CCc2c(sc(/N=C/c3cc([N+](=O)[O-])cs3)c2C#N)C1. The highest BCUT2D eigenvalue weighted by Crippen LogP contribution is 2.44. The molecule has 3 rings (SSSR count). The zero-order valence-electron chi connectivity index (χ0n) is 14.4. The van der Waals surface area contributed by atoms with Gasteiger partial charge in [0.05, 0.1) is 20.7 Å². The van der Waals surface area contributed by atoms with Crippen molar-refractivity contribution in [3.05, 3.63) is 42.4 Å². The molecule has 0 saturated carbocycles. The molecule has 130 valence electrons. The first-order chi connectivity index (χ1) is 11.8. The fraction of sp³-hybridized carbons (Fsp3) is 0.444. The van der Waals surface area contributed by atoms with Crippen molar-refractivity contribution in [1.29, 1.82) is 5.26 Å². The Morgan fingerprint density at radius 1 is 1.48 bits per heavy atom. The van der Waals surface area contributed by atoms with Crippen LogP contribution in [-0.4, -0.2) is 11.1 Å². The predicted molar refractivity (Wildman–Crippen MR) is 102 cm³/mol. The lowest BCUT2D eigenvalue weighted by Gasteiger charge is -2.33. The molecule has 2 aromatic rings. The number of nitro groups is 1. The largest absolute Gasteiger partial charge is 0.280 e. The van der Waals surface area contributed by atoms with Gasteiger partial charge in [0, 0.05) is 17.2 Å². The number of thiophene rings is 2. The first kappa shape index (κ1) is 17.8. The van der Waals surface area contributed by atoms with Crippen molar-refractivity contribution < 1.29 is 4.92 Å². The molecule has 25 heavy (non-hydrogen) atoms. The number of hydrogen-bond donors (Lipinski definition) is 0. The molecule has 1 unspecified atom stereocenters. The summed E-state index contributed by atoms with van der Waals surface area (Å²) in [5.41, 5.74) is 2.16. The van der Waals surface area contributed by atoms with Gasteiger partial charge in [0.25, 0.3) is 5.69 Å². The Balaban J connectivity index is 1.88. The van der Waals surface area contributed by atoms with Crippen molar-refractivity contribution in [2.45, 2.75) is 40.0 Å². The maximum atomic E-state index is 10.8. The lowest BCUT2D eigenvalue weighted by Crippen LogP contribution is -2.26. The van der Waals surface area contributed by atoms with Gasteiger partial charge in [0.2, 0.25) is 0 Å². The summed E-state index contributed by atoms with van der Waals surface area (Å²) in [7, 11) is 0. The quantitative estimate of drug-likeness (QED) is 0.405. The molecule has 7 heteroatoms. The van der Waals surface area contributed by atoms with Gasteiger partial charge in [-0.3, -0.25) is 10.1 Å². The highest BCUT2D eigenvalue weighted by molar-refractivity contribution is 7.16. The Labute approximate surface area is 154 Å². The van der Waals surface area contributed by atoms with Crippen LogP contribution < -0.4 is 0 Å². The fourth-order valence-electron chi connectivity index (χ4n) is 3.14. The van der Waals surface area contributed by atoms with Crippen LogP contribution >= 0.6 is 22.7 Å². The molecule has 0 spiro atoms. The number of nitrogens with zero attached hydrogens (tertiary/aromatic N) is 3. The van der Waals surface area contributed by atoms with Crippen molar-refractivity contribution in [3.63, 3.8) is 0 Å². The van der Waals surface area contributed by atoms with E-state index in [4.69, 9.17) is 0 Å². The second-order valence-corrected chi connectivity index (χ2v) is 9.35. The summed E-state index contributed by atoms with van der Waals surface area (Å²) in [6.07, 6.45) is 4.65. The summed E-state index contributed by atoms with van der Waals surface area (Å²) in [6.45, 7) is 6.80. The molecule has 1 aliphatic rings. The lowest BCUT2D eigenvalue weighted by molar-refractivity contribution is -0.384. The Hall–Kier alpha value is -2.04. The van der Waals surface area contributed by atoms with E-state index in [2.05, 4.69) is 31.8 Å². The molecule has 0 aliphatic heterocycles. The Kier molecular flexibility index (Phi) is 4.76. The zero-order chi connectivity index (χ0) is 18.2. The fourth-order valence-corrected chi connectivity index (χ4v) is 5.08. The summed E-state index contributed by atoms with van der Waals surface area (Å²) in [5, 5.41) is 22.5. The lowest BCUT2D eigenvalue weighted by atomic mass is 9.72. The molecule has 5 nitrogen and oxygen atoms in total. The third-order valence-electron chi connectivity index (χ3n) is 4.71. The smallest absolute Gasteiger partial charge is 0.258 e. The van der Waals surface area contributed by atoms with Crippen molar-refractivity contribution in [2.75, 3.05) is 0 Å². The molecule has 0 radical (unpaired) electrons. The first-order valence-electron chi connectivity index (χ1n) is 8.11. The van der Waals surface area contributed by atoms with Crippen LogP contribution in [0.1, 0.15) is 48.1 Å². The minimum Gasteiger partial charge on any atom is -0.258 e. The van der Waals surface area contributed by atoms with Gasteiger partial charge in [-0.1, -0.05) is 20.8 Å². The highest BCUT2D eigenvalue weighted by atomic mass is 32.1. The molecule has 0 bridgehead atoms. The van der Waals surface area contributed by atoms with E-state index < -0.39 is 4.92 Å². The summed E-state index contributed by atoms with van der Waals surface area (Å²) in [5.74, 6) is 0.613. The minimum absolute atomic E-state index is 0.0745. The van der Waals surface area contributed by atoms with E-state index in [-0.39, 0.29) is 11.1 Å². The van der Waals surface area contributed by atoms with Crippen LogP contribution in [0.15, 0.2) is 16.4 Å². The summed E-state index contributed by atoms with van der Waals surface area (Å²) < 4.78 is 0. The highest BCUT2D eigenvalue weighted by Gasteiger charge is 2.32. The molecule has 2 heterocycles. The van der Waals surface area contributed by atoms with E-state index in [1.54, 1.807) is 17.6 Å². The predicted octanol–water partition coefficient (Wildman–Crippen LogP) is 5.49. The van der Waals surface area contributed by atoms with E-state index in [1.165, 1.54) is 27.7 Å². The van der Waals surface area contributed by atoms with Gasteiger partial charge in [-0.15, -0.1) is 22.7 Å². The van der Waals surface area contributed by atoms with Crippen LogP contribution in [0.5, 0.6) is 0 Å². The Bertz CT molecular complexity index is 881. The molecule has 1 aliphatic carbocycles. The van der Waals surface area contributed by atoms with Gasteiger partial charge >= 0.3 is 0 Å². The maximum absolute atomic E-state index is 10.8. The topological polar surface area (TPSA) is 79.3 Å². The average Bonchev–Trinajstić information content (AvgIpc) is 3.15. The Morgan fingerprint density at radius 3 is 2.84 bits per heavy atom. The van der Waals surface area contributed by atoms with Crippen LogP contribution in [0.3, 0.4) is 0 Å². The van der Waals surface area contributed by atoms with E-state index >= 15 is 0 Å². The molecular formula is C18H19N3O2S2. The van der Waals surface area contributed by atoms with E-state index in [9.17, 15) is 15.4 Å². The minimum atomic E-state index is -0.412. The molecular weight excluding hydrogens is 354 g/mol. The van der Waals surface area contributed by atoms with Gasteiger partial charge in [-0.2, -0.15) is 5.26 Å². The van der Waals surface area contributed by atoms with Gasteiger partial charge in [-0.05, 0) is 36.2 Å².